The molecule has 2 aromatic rings. The molecule has 1 aromatic heterocycles. The van der Waals surface area contributed by atoms with Crippen molar-refractivity contribution in [2.45, 2.75) is 47.0 Å². The molecular formula is C17H27N3. The van der Waals surface area contributed by atoms with Crippen LogP contribution < -0.4 is 5.73 Å². The smallest absolute Gasteiger partial charge is 0.107 e. The molecule has 1 unspecified atom stereocenters. The minimum atomic E-state index is 0.687. The lowest BCUT2D eigenvalue weighted by Crippen LogP contribution is -2.15. The quantitative estimate of drug-likeness (QED) is 0.842. The highest BCUT2D eigenvalue weighted by molar-refractivity contribution is 5.77. The Hall–Kier alpha value is -1.35. The van der Waals surface area contributed by atoms with E-state index in [4.69, 9.17) is 10.7 Å². The summed E-state index contributed by atoms with van der Waals surface area (Å²) in [4.78, 5) is 8.18. The molecule has 0 aliphatic rings. The van der Waals surface area contributed by atoms with Gasteiger partial charge in [0.05, 0.1) is 11.0 Å². The van der Waals surface area contributed by atoms with Gasteiger partial charge in [-0.25, -0.2) is 4.98 Å². The molecular weight excluding hydrogens is 246 g/mol. The van der Waals surface area contributed by atoms with E-state index in [1.54, 1.807) is 0 Å². The van der Waals surface area contributed by atoms with Crippen LogP contribution in [-0.4, -0.2) is 16.5 Å². The minimum Gasteiger partial charge on any atom is -0.342 e. The van der Waals surface area contributed by atoms with Gasteiger partial charge in [-0.3, -0.25) is 0 Å². The number of hydrogen-bond donors (Lipinski definition) is 2. The molecule has 0 fully saturated rings. The van der Waals surface area contributed by atoms with Gasteiger partial charge in [0.25, 0.3) is 0 Å². The lowest BCUT2D eigenvalue weighted by Gasteiger charge is -2.19. The minimum absolute atomic E-state index is 0.687. The van der Waals surface area contributed by atoms with Gasteiger partial charge in [-0.15, -0.1) is 0 Å². The lowest BCUT2D eigenvalue weighted by molar-refractivity contribution is 0.339. The number of aromatic amines is 1. The van der Waals surface area contributed by atoms with E-state index in [1.807, 2.05) is 0 Å². The number of imidazole rings is 1. The molecule has 110 valence electrons. The number of benzene rings is 1. The van der Waals surface area contributed by atoms with Crippen LogP contribution in [0.5, 0.6) is 0 Å². The molecule has 0 aliphatic heterocycles. The summed E-state index contributed by atoms with van der Waals surface area (Å²) in [5, 5.41) is 0. The third-order valence-electron chi connectivity index (χ3n) is 4.38. The van der Waals surface area contributed by atoms with Gasteiger partial charge >= 0.3 is 0 Å². The Kier molecular flexibility index (Phi) is 4.81. The van der Waals surface area contributed by atoms with Crippen LogP contribution in [0, 0.1) is 25.7 Å². The maximum absolute atomic E-state index is 5.71. The topological polar surface area (TPSA) is 54.7 Å². The highest BCUT2D eigenvalue weighted by Crippen LogP contribution is 2.22. The van der Waals surface area contributed by atoms with E-state index in [-0.39, 0.29) is 0 Å². The van der Waals surface area contributed by atoms with E-state index in [0.29, 0.717) is 11.8 Å². The highest BCUT2D eigenvalue weighted by atomic mass is 14.9. The summed E-state index contributed by atoms with van der Waals surface area (Å²) in [7, 11) is 0. The van der Waals surface area contributed by atoms with Crippen molar-refractivity contribution in [1.82, 2.24) is 9.97 Å². The molecule has 1 aromatic carbocycles. The number of aromatic nitrogens is 2. The van der Waals surface area contributed by atoms with E-state index < -0.39 is 0 Å². The molecule has 1 atom stereocenters. The molecule has 3 heteroatoms. The maximum atomic E-state index is 5.71. The van der Waals surface area contributed by atoms with Crippen LogP contribution in [0.25, 0.3) is 11.0 Å². The first-order chi connectivity index (χ1) is 9.51. The number of H-pyrrole nitrogens is 1. The van der Waals surface area contributed by atoms with Crippen LogP contribution in [0.1, 0.15) is 43.6 Å². The largest absolute Gasteiger partial charge is 0.342 e. The average molecular weight is 273 g/mol. The fourth-order valence-electron chi connectivity index (χ4n) is 2.79. The Morgan fingerprint density at radius 1 is 1.15 bits per heavy atom. The zero-order valence-corrected chi connectivity index (χ0v) is 13.2. The van der Waals surface area contributed by atoms with Crippen molar-refractivity contribution in [3.05, 3.63) is 29.1 Å². The molecule has 3 nitrogen and oxygen atoms in total. The van der Waals surface area contributed by atoms with Crippen molar-refractivity contribution < 1.29 is 0 Å². The second-order valence-corrected chi connectivity index (χ2v) is 6.26. The molecule has 20 heavy (non-hydrogen) atoms. The summed E-state index contributed by atoms with van der Waals surface area (Å²) in [6, 6.07) is 4.37. The zero-order chi connectivity index (χ0) is 14.7. The predicted octanol–water partition coefficient (Wildman–Crippen LogP) is 3.73. The van der Waals surface area contributed by atoms with Crippen LogP contribution in [0.3, 0.4) is 0 Å². The summed E-state index contributed by atoms with van der Waals surface area (Å²) in [6.07, 6.45) is 3.28. The van der Waals surface area contributed by atoms with Crippen molar-refractivity contribution >= 4 is 11.0 Å². The van der Waals surface area contributed by atoms with Crippen LogP contribution in [-0.2, 0) is 6.42 Å². The monoisotopic (exact) mass is 273 g/mol. The first-order valence-corrected chi connectivity index (χ1v) is 7.67. The number of hydrogen-bond acceptors (Lipinski definition) is 2. The van der Waals surface area contributed by atoms with Crippen molar-refractivity contribution in [2.24, 2.45) is 17.6 Å². The summed E-state index contributed by atoms with van der Waals surface area (Å²) >= 11 is 0. The number of aryl methyl sites for hydroxylation is 3. The summed E-state index contributed by atoms with van der Waals surface area (Å²) in [5.74, 6) is 2.48. The van der Waals surface area contributed by atoms with Crippen molar-refractivity contribution in [3.63, 3.8) is 0 Å². The van der Waals surface area contributed by atoms with Crippen LogP contribution in [0.15, 0.2) is 12.1 Å². The fourth-order valence-corrected chi connectivity index (χ4v) is 2.79. The van der Waals surface area contributed by atoms with Gasteiger partial charge in [-0.2, -0.15) is 0 Å². The van der Waals surface area contributed by atoms with E-state index in [0.717, 1.165) is 42.7 Å². The SMILES string of the molecule is Cc1cc2nc(CCC(CCN)C(C)C)[nH]c2cc1C. The standard InChI is InChI=1S/C17H27N3/c1-11(2)14(7-8-18)5-6-17-19-15-9-12(3)13(4)10-16(15)20-17/h9-11,14H,5-8,18H2,1-4H3,(H,19,20). The Labute approximate surface area is 122 Å². The number of nitrogens with two attached hydrogens (primary N) is 1. The third-order valence-corrected chi connectivity index (χ3v) is 4.38. The molecule has 0 saturated carbocycles. The van der Waals surface area contributed by atoms with E-state index >= 15 is 0 Å². The highest BCUT2D eigenvalue weighted by Gasteiger charge is 2.14. The van der Waals surface area contributed by atoms with Gasteiger partial charge in [0.15, 0.2) is 0 Å². The van der Waals surface area contributed by atoms with Crippen LogP contribution >= 0.6 is 0 Å². The number of nitrogens with zero attached hydrogens (tertiary/aromatic N) is 1. The summed E-state index contributed by atoms with van der Waals surface area (Å²) in [5.41, 5.74) is 10.6. The van der Waals surface area contributed by atoms with Gasteiger partial charge in [-0.1, -0.05) is 13.8 Å². The second kappa shape index (κ2) is 6.40. The molecule has 0 bridgehead atoms. The van der Waals surface area contributed by atoms with Gasteiger partial charge in [0.2, 0.25) is 0 Å². The van der Waals surface area contributed by atoms with E-state index in [1.165, 1.54) is 11.1 Å². The van der Waals surface area contributed by atoms with Crippen LogP contribution in [0.2, 0.25) is 0 Å². The average Bonchev–Trinajstić information content (AvgIpc) is 2.76. The molecule has 0 saturated heterocycles. The number of rotatable bonds is 6. The van der Waals surface area contributed by atoms with Gasteiger partial charge in [0, 0.05) is 6.42 Å². The van der Waals surface area contributed by atoms with Gasteiger partial charge in [0.1, 0.15) is 5.82 Å². The van der Waals surface area contributed by atoms with Crippen molar-refractivity contribution in [1.29, 1.82) is 0 Å². The molecule has 0 aliphatic carbocycles. The Balaban J connectivity index is 2.10. The molecule has 0 radical (unpaired) electrons. The fraction of sp³-hybridized carbons (Fsp3) is 0.588. The van der Waals surface area contributed by atoms with E-state index in [9.17, 15) is 0 Å². The Morgan fingerprint density at radius 3 is 2.50 bits per heavy atom. The molecule has 0 spiro atoms. The van der Waals surface area contributed by atoms with Gasteiger partial charge in [-0.05, 0) is 68.3 Å². The van der Waals surface area contributed by atoms with E-state index in [2.05, 4.69) is 44.8 Å². The second-order valence-electron chi connectivity index (χ2n) is 6.26. The lowest BCUT2D eigenvalue weighted by atomic mass is 9.88. The van der Waals surface area contributed by atoms with Crippen molar-refractivity contribution in [2.75, 3.05) is 6.54 Å². The molecule has 1 heterocycles. The normalized spacial score (nSPS) is 13.3. The first-order valence-electron chi connectivity index (χ1n) is 7.67. The molecule has 3 N–H and O–H groups in total. The zero-order valence-electron chi connectivity index (χ0n) is 13.2. The summed E-state index contributed by atoms with van der Waals surface area (Å²) < 4.78 is 0. The Morgan fingerprint density at radius 2 is 1.85 bits per heavy atom. The first kappa shape index (κ1) is 15.0. The van der Waals surface area contributed by atoms with Crippen molar-refractivity contribution in [3.8, 4) is 0 Å². The predicted molar refractivity (Wildman–Crippen MR) is 85.9 cm³/mol. The third kappa shape index (κ3) is 3.40. The number of fused-ring (bicyclic) bond motifs is 1. The summed E-state index contributed by atoms with van der Waals surface area (Å²) in [6.45, 7) is 9.63. The van der Waals surface area contributed by atoms with Crippen LogP contribution in [0.4, 0.5) is 0 Å². The maximum Gasteiger partial charge on any atom is 0.107 e. The number of nitrogens with one attached hydrogen (secondary N) is 1. The van der Waals surface area contributed by atoms with Gasteiger partial charge < -0.3 is 10.7 Å². The molecule has 0 amide bonds. The molecule has 2 rings (SSSR count). The Bertz CT molecular complexity index is 530.